The number of benzene rings is 2. The molecule has 7 nitrogen and oxygen atoms in total. The van der Waals surface area contributed by atoms with Crippen LogP contribution in [0.5, 0.6) is 0 Å². The zero-order valence-corrected chi connectivity index (χ0v) is 16.7. The Morgan fingerprint density at radius 1 is 1.04 bits per heavy atom. The predicted octanol–water partition coefficient (Wildman–Crippen LogP) is 1.99. The number of anilines is 1. The van der Waals surface area contributed by atoms with E-state index in [1.165, 1.54) is 4.31 Å². The molecule has 9 heteroatoms. The van der Waals surface area contributed by atoms with Crippen molar-refractivity contribution in [1.82, 2.24) is 9.03 Å². The van der Waals surface area contributed by atoms with Crippen LogP contribution in [-0.4, -0.2) is 56.0 Å². The van der Waals surface area contributed by atoms with Crippen molar-refractivity contribution in [2.24, 2.45) is 0 Å². The van der Waals surface area contributed by atoms with Gasteiger partial charge in [0.15, 0.2) is 0 Å². The largest absolute Gasteiger partial charge is 0.480 e. The second kappa shape index (κ2) is 8.91. The summed E-state index contributed by atoms with van der Waals surface area (Å²) in [7, 11) is -3.91. The van der Waals surface area contributed by atoms with Crippen LogP contribution in [0.4, 0.5) is 5.69 Å². The van der Waals surface area contributed by atoms with Crippen molar-refractivity contribution >= 4 is 33.5 Å². The topological polar surface area (TPSA) is 89.9 Å². The third-order valence-corrected chi connectivity index (χ3v) is 6.52. The van der Waals surface area contributed by atoms with Gasteiger partial charge in [0.2, 0.25) is 0 Å². The lowest BCUT2D eigenvalue weighted by Gasteiger charge is -2.35. The van der Waals surface area contributed by atoms with Crippen molar-refractivity contribution in [1.29, 1.82) is 0 Å². The third kappa shape index (κ3) is 5.23. The number of nitrogens with one attached hydrogen (secondary N) is 1. The van der Waals surface area contributed by atoms with Gasteiger partial charge in [-0.05, 0) is 36.2 Å². The molecule has 0 spiro atoms. The van der Waals surface area contributed by atoms with Crippen molar-refractivity contribution in [3.8, 4) is 0 Å². The number of carbonyl (C=O) groups is 1. The molecule has 3 rings (SSSR count). The summed E-state index contributed by atoms with van der Waals surface area (Å²) < 4.78 is 29.0. The molecular weight excluding hydrogens is 402 g/mol. The molecule has 0 bridgehead atoms. The van der Waals surface area contributed by atoms with Gasteiger partial charge in [0.1, 0.15) is 6.04 Å². The van der Waals surface area contributed by atoms with Gasteiger partial charge in [-0.15, -0.1) is 0 Å². The van der Waals surface area contributed by atoms with Gasteiger partial charge >= 0.3 is 5.97 Å². The Balaban J connectivity index is 1.62. The minimum Gasteiger partial charge on any atom is -0.480 e. The summed E-state index contributed by atoms with van der Waals surface area (Å²) in [6.07, 6.45) is 0.0835. The van der Waals surface area contributed by atoms with Crippen molar-refractivity contribution in [3.63, 3.8) is 0 Å². The molecule has 2 N–H and O–H groups in total. The molecule has 2 aromatic rings. The summed E-state index contributed by atoms with van der Waals surface area (Å²) in [4.78, 5) is 13.6. The predicted molar refractivity (Wildman–Crippen MR) is 109 cm³/mol. The molecule has 0 amide bonds. The van der Waals surface area contributed by atoms with E-state index in [-0.39, 0.29) is 19.5 Å². The van der Waals surface area contributed by atoms with Crippen molar-refractivity contribution < 1.29 is 18.3 Å². The molecule has 1 atom stereocenters. The van der Waals surface area contributed by atoms with Gasteiger partial charge in [0, 0.05) is 36.9 Å². The number of halogens is 1. The van der Waals surface area contributed by atoms with E-state index in [9.17, 15) is 18.3 Å². The van der Waals surface area contributed by atoms with Gasteiger partial charge in [-0.3, -0.25) is 4.79 Å². The Labute approximate surface area is 169 Å². The smallest absolute Gasteiger partial charge is 0.322 e. The second-order valence-electron chi connectivity index (χ2n) is 6.57. The number of carboxylic acid groups (broad SMARTS) is 1. The first kappa shape index (κ1) is 20.6. The van der Waals surface area contributed by atoms with E-state index in [2.05, 4.69) is 9.62 Å². The molecule has 1 aliphatic rings. The summed E-state index contributed by atoms with van der Waals surface area (Å²) in [5, 5.41) is 10.1. The third-order valence-electron chi connectivity index (χ3n) is 4.64. The fourth-order valence-corrected chi connectivity index (χ4v) is 4.58. The van der Waals surface area contributed by atoms with Gasteiger partial charge in [-0.2, -0.15) is 17.4 Å². The van der Waals surface area contributed by atoms with Crippen LogP contribution in [0.2, 0.25) is 5.02 Å². The standard InChI is InChI=1S/C19H22ClN3O4S/c20-16-6-8-17(9-7-16)22-10-12-23(13-11-22)28(26,27)21-18(19(24)25)14-15-4-2-1-3-5-15/h1-9,18,21H,10-14H2,(H,24,25)/t18-/m1/s1. The quantitative estimate of drug-likeness (QED) is 0.710. The van der Waals surface area contributed by atoms with E-state index in [4.69, 9.17) is 11.6 Å². The van der Waals surface area contributed by atoms with E-state index in [1.54, 1.807) is 36.4 Å². The van der Waals surface area contributed by atoms with Gasteiger partial charge < -0.3 is 10.0 Å². The highest BCUT2D eigenvalue weighted by Gasteiger charge is 2.31. The Kier molecular flexibility index (Phi) is 6.56. The van der Waals surface area contributed by atoms with Crippen LogP contribution in [0.25, 0.3) is 0 Å². The average molecular weight is 424 g/mol. The SMILES string of the molecule is O=C(O)[C@@H](Cc1ccccc1)NS(=O)(=O)N1CCN(c2ccc(Cl)cc2)CC1. The normalized spacial score (nSPS) is 16.7. The van der Waals surface area contributed by atoms with E-state index in [0.717, 1.165) is 11.3 Å². The maximum absolute atomic E-state index is 12.7. The minimum atomic E-state index is -3.91. The summed E-state index contributed by atoms with van der Waals surface area (Å²) in [6, 6.07) is 15.1. The zero-order chi connectivity index (χ0) is 20.1. The maximum atomic E-state index is 12.7. The monoisotopic (exact) mass is 423 g/mol. The molecule has 0 aromatic heterocycles. The van der Waals surface area contributed by atoms with E-state index < -0.39 is 22.2 Å². The van der Waals surface area contributed by atoms with Crippen molar-refractivity contribution in [2.75, 3.05) is 31.1 Å². The molecule has 1 saturated heterocycles. The Hall–Kier alpha value is -2.13. The molecule has 1 fully saturated rings. The minimum absolute atomic E-state index is 0.0835. The molecule has 1 heterocycles. The fraction of sp³-hybridized carbons (Fsp3) is 0.316. The summed E-state index contributed by atoms with van der Waals surface area (Å²) in [6.45, 7) is 1.57. The Morgan fingerprint density at radius 3 is 2.21 bits per heavy atom. The average Bonchev–Trinajstić information content (AvgIpc) is 2.69. The number of hydrogen-bond donors (Lipinski definition) is 2. The molecular formula is C19H22ClN3O4S. The van der Waals surface area contributed by atoms with E-state index in [0.29, 0.717) is 18.1 Å². The lowest BCUT2D eigenvalue weighted by atomic mass is 10.1. The van der Waals surface area contributed by atoms with Gasteiger partial charge in [-0.1, -0.05) is 41.9 Å². The first-order valence-corrected chi connectivity index (χ1v) is 10.7. The number of hydrogen-bond acceptors (Lipinski definition) is 4. The second-order valence-corrected chi connectivity index (χ2v) is 8.70. The van der Waals surface area contributed by atoms with E-state index >= 15 is 0 Å². The molecule has 1 aliphatic heterocycles. The van der Waals surface area contributed by atoms with Crippen LogP contribution in [-0.2, 0) is 21.4 Å². The Morgan fingerprint density at radius 2 is 1.64 bits per heavy atom. The van der Waals surface area contributed by atoms with Crippen LogP contribution >= 0.6 is 11.6 Å². The lowest BCUT2D eigenvalue weighted by Crippen LogP contribution is -2.55. The molecule has 28 heavy (non-hydrogen) atoms. The van der Waals surface area contributed by atoms with Crippen molar-refractivity contribution in [3.05, 3.63) is 65.2 Å². The first-order valence-electron chi connectivity index (χ1n) is 8.90. The molecule has 150 valence electrons. The van der Waals surface area contributed by atoms with E-state index in [1.807, 2.05) is 18.2 Å². The lowest BCUT2D eigenvalue weighted by molar-refractivity contribution is -0.138. The molecule has 0 radical (unpaired) electrons. The fourth-order valence-electron chi connectivity index (χ4n) is 3.12. The number of aliphatic carboxylic acids is 1. The van der Waals surface area contributed by atoms with Crippen LogP contribution in [0, 0.1) is 0 Å². The van der Waals surface area contributed by atoms with Gasteiger partial charge in [0.25, 0.3) is 10.2 Å². The maximum Gasteiger partial charge on any atom is 0.322 e. The molecule has 0 aliphatic carbocycles. The molecule has 2 aromatic carbocycles. The first-order chi connectivity index (χ1) is 13.3. The Bertz CT molecular complexity index is 899. The van der Waals surface area contributed by atoms with Crippen LogP contribution < -0.4 is 9.62 Å². The van der Waals surface area contributed by atoms with Gasteiger partial charge in [-0.25, -0.2) is 0 Å². The molecule has 0 saturated carbocycles. The van der Waals surface area contributed by atoms with Gasteiger partial charge in [0.05, 0.1) is 0 Å². The zero-order valence-electron chi connectivity index (χ0n) is 15.2. The van der Waals surface area contributed by atoms with Crippen LogP contribution in [0.15, 0.2) is 54.6 Å². The van der Waals surface area contributed by atoms with Crippen LogP contribution in [0.3, 0.4) is 0 Å². The summed E-state index contributed by atoms with van der Waals surface area (Å²) in [5.74, 6) is -1.20. The summed E-state index contributed by atoms with van der Waals surface area (Å²) >= 11 is 5.90. The van der Waals surface area contributed by atoms with Crippen LogP contribution in [0.1, 0.15) is 5.56 Å². The number of piperazine rings is 1. The highest BCUT2D eigenvalue weighted by Crippen LogP contribution is 2.20. The summed E-state index contributed by atoms with van der Waals surface area (Å²) in [5.41, 5.74) is 1.73. The highest BCUT2D eigenvalue weighted by atomic mass is 35.5. The number of carboxylic acids is 1. The van der Waals surface area contributed by atoms with Crippen molar-refractivity contribution in [2.45, 2.75) is 12.5 Å². The number of nitrogens with zero attached hydrogens (tertiary/aromatic N) is 2. The number of rotatable bonds is 7. The molecule has 0 unspecified atom stereocenters. The highest BCUT2D eigenvalue weighted by molar-refractivity contribution is 7.87.